The van der Waals surface area contributed by atoms with Crippen LogP contribution < -0.4 is 24.3 Å². The Balaban J connectivity index is 0.000000304. The van der Waals surface area contributed by atoms with Gasteiger partial charge in [-0.2, -0.15) is 0 Å². The maximum atomic E-state index is 10.4. The fourth-order valence-corrected chi connectivity index (χ4v) is 6.66. The van der Waals surface area contributed by atoms with Gasteiger partial charge >= 0.3 is 5.97 Å². The average molecular weight is 978 g/mol. The van der Waals surface area contributed by atoms with Crippen molar-refractivity contribution in [2.45, 2.75) is 53.7 Å². The van der Waals surface area contributed by atoms with E-state index in [0.717, 1.165) is 70.6 Å². The second-order valence-corrected chi connectivity index (χ2v) is 15.6. The predicted molar refractivity (Wildman–Crippen MR) is 268 cm³/mol. The average Bonchev–Trinajstić information content (AvgIpc) is 3.29. The Kier molecular flexibility index (Phi) is 25.6. The van der Waals surface area contributed by atoms with Gasteiger partial charge in [0.15, 0.2) is 0 Å². The number of aliphatic hydroxyl groups excluding tert-OH is 1. The second-order valence-electron chi connectivity index (χ2n) is 14.2. The van der Waals surface area contributed by atoms with Gasteiger partial charge in [0, 0.05) is 18.2 Å². The molecule has 1 aliphatic rings. The fraction of sp³-hybridized carbons (Fsp3) is 0.269. The highest BCUT2D eigenvalue weighted by molar-refractivity contribution is 9.11. The number of hydrogen-bond donors (Lipinski definition) is 3. The number of aliphatic carboxylic acids is 1. The third kappa shape index (κ3) is 18.4. The van der Waals surface area contributed by atoms with E-state index in [2.05, 4.69) is 78.4 Å². The highest BCUT2D eigenvalue weighted by Gasteiger charge is 2.19. The van der Waals surface area contributed by atoms with Crippen molar-refractivity contribution in [1.29, 1.82) is 0 Å². The molecule has 0 bridgehead atoms. The van der Waals surface area contributed by atoms with E-state index in [4.69, 9.17) is 47.3 Å². The van der Waals surface area contributed by atoms with Gasteiger partial charge < -0.3 is 34.5 Å². The molecule has 6 rings (SSSR count). The summed E-state index contributed by atoms with van der Waals surface area (Å²) in [6.07, 6.45) is 11.0. The highest BCUT2D eigenvalue weighted by Crippen LogP contribution is 2.29. The maximum Gasteiger partial charge on any atom is 0.328 e. The fourth-order valence-electron chi connectivity index (χ4n) is 6.37. The minimum absolute atomic E-state index is 0.0904. The Hall–Kier alpha value is -5.36. The predicted octanol–water partition coefficient (Wildman–Crippen LogP) is 12.4. The van der Waals surface area contributed by atoms with Gasteiger partial charge in [0.25, 0.3) is 0 Å². The number of ether oxygens (including phenoxy) is 4. The molecule has 5 aromatic rings. The van der Waals surface area contributed by atoms with Crippen LogP contribution in [0.1, 0.15) is 77.6 Å². The molecule has 0 spiro atoms. The van der Waals surface area contributed by atoms with Crippen LogP contribution in [0.5, 0.6) is 23.0 Å². The standard InChI is InChI=1S/C21H25NO2.C11H12O3.C10H11BrO.C9H10O2.CH2Cl2/c1-14-10-17-8-9-22-21(20(17)12-18(14)13-23)7-5-16-4-6-19(24-3)11-15(16)2;1-8-7-10(14-2)5-3-9(8)4-6-11(12)13;1-8-7-10(12-2)4-3-9(8)5-6-11;1-7-5-9(11-2)4-3-8(7)6-10;2-1-3/h4-7,10-12,21-23H,8-9,13H2,1-3H3;3-7H,1-2H3,(H,12,13);3-7H,1-2H3;3-6H,1-2H3;1H2/b7-5+;6-4+;6-5+;;. The van der Waals surface area contributed by atoms with Crippen LogP contribution in [-0.2, 0) is 17.8 Å². The van der Waals surface area contributed by atoms with Crippen molar-refractivity contribution in [3.8, 4) is 23.0 Å². The second kappa shape index (κ2) is 29.9. The van der Waals surface area contributed by atoms with E-state index in [1.807, 2.05) is 67.4 Å². The summed E-state index contributed by atoms with van der Waals surface area (Å²) < 4.78 is 20.4. The molecule has 9 nitrogen and oxygen atoms in total. The normalized spacial score (nSPS) is 12.5. The maximum absolute atomic E-state index is 10.4. The summed E-state index contributed by atoms with van der Waals surface area (Å²) in [7, 11) is 6.57. The molecular formula is C52H60BrCl2NO8. The monoisotopic (exact) mass is 975 g/mol. The summed E-state index contributed by atoms with van der Waals surface area (Å²) in [5, 5.41) is 21.8. The molecule has 1 aliphatic heterocycles. The number of carboxylic acid groups (broad SMARTS) is 1. The number of rotatable bonds is 11. The van der Waals surface area contributed by atoms with Gasteiger partial charge in [0.2, 0.25) is 0 Å². The van der Waals surface area contributed by atoms with Crippen LogP contribution in [0.15, 0.2) is 102 Å². The SMILES string of the molecule is COc1ccc(/C=C/Br)c(C)c1.COc1ccc(/C=C/C(=O)O)c(C)c1.COc1ccc(/C=C/C2NCCc3cc(C)c(CO)cc32)c(C)c1.COc1ccc(C=O)c(C)c1.ClCCl. The van der Waals surface area contributed by atoms with Crippen LogP contribution in [0.3, 0.4) is 0 Å². The number of aldehydes is 1. The highest BCUT2D eigenvalue weighted by atomic mass is 79.9. The molecular weight excluding hydrogens is 917 g/mol. The van der Waals surface area contributed by atoms with Gasteiger partial charge in [-0.05, 0) is 174 Å². The molecule has 0 saturated heterocycles. The van der Waals surface area contributed by atoms with E-state index in [0.29, 0.717) is 5.56 Å². The molecule has 0 aromatic heterocycles. The first kappa shape index (κ1) is 54.8. The number of halogens is 3. The number of aliphatic hydroxyl groups is 1. The molecule has 5 aromatic carbocycles. The van der Waals surface area contributed by atoms with Gasteiger partial charge in [0.05, 0.1) is 46.4 Å². The number of alkyl halides is 2. The summed E-state index contributed by atoms with van der Waals surface area (Å²) in [6.45, 7) is 11.1. The Morgan fingerprint density at radius 1 is 0.672 bits per heavy atom. The van der Waals surface area contributed by atoms with E-state index in [9.17, 15) is 14.7 Å². The van der Waals surface area contributed by atoms with E-state index in [-0.39, 0.29) is 18.0 Å². The molecule has 64 heavy (non-hydrogen) atoms. The number of nitrogens with one attached hydrogen (secondary N) is 1. The number of hydrogen-bond acceptors (Lipinski definition) is 8. The number of methoxy groups -OCH3 is 4. The smallest absolute Gasteiger partial charge is 0.328 e. The van der Waals surface area contributed by atoms with Crippen LogP contribution >= 0.6 is 39.1 Å². The van der Waals surface area contributed by atoms with Gasteiger partial charge in [-0.1, -0.05) is 58.4 Å². The van der Waals surface area contributed by atoms with E-state index in [1.165, 1.54) is 38.9 Å². The van der Waals surface area contributed by atoms with Crippen molar-refractivity contribution in [2.24, 2.45) is 0 Å². The molecule has 0 radical (unpaired) electrons. The Morgan fingerprint density at radius 2 is 1.09 bits per heavy atom. The molecule has 0 saturated carbocycles. The molecule has 3 N–H and O–H groups in total. The first-order valence-electron chi connectivity index (χ1n) is 20.2. The molecule has 342 valence electrons. The molecule has 1 atom stereocenters. The van der Waals surface area contributed by atoms with Crippen LogP contribution in [0.4, 0.5) is 0 Å². The molecule has 0 fully saturated rings. The Labute approximate surface area is 397 Å². The molecule has 1 heterocycles. The number of benzene rings is 5. The first-order chi connectivity index (χ1) is 30.7. The Morgan fingerprint density at radius 3 is 1.47 bits per heavy atom. The van der Waals surface area contributed by atoms with Gasteiger partial charge in [-0.15, -0.1) is 23.2 Å². The number of carboxylic acids is 1. The van der Waals surface area contributed by atoms with Crippen LogP contribution in [-0.4, -0.2) is 62.8 Å². The van der Waals surface area contributed by atoms with Crippen molar-refractivity contribution in [2.75, 3.05) is 40.3 Å². The zero-order valence-electron chi connectivity index (χ0n) is 38.0. The summed E-state index contributed by atoms with van der Waals surface area (Å²) in [5.41, 5.74) is 13.2. The first-order valence-corrected chi connectivity index (χ1v) is 22.2. The van der Waals surface area contributed by atoms with Crippen LogP contribution in [0.2, 0.25) is 0 Å². The van der Waals surface area contributed by atoms with Gasteiger partial charge in [-0.25, -0.2) is 4.79 Å². The summed E-state index contributed by atoms with van der Waals surface area (Å²) in [6, 6.07) is 27.5. The number of carbonyl (C=O) groups is 2. The minimum atomic E-state index is -0.944. The van der Waals surface area contributed by atoms with Crippen molar-refractivity contribution in [3.63, 3.8) is 0 Å². The Bertz CT molecular complexity index is 2340. The third-order valence-corrected chi connectivity index (χ3v) is 10.3. The molecule has 12 heteroatoms. The van der Waals surface area contributed by atoms with Crippen molar-refractivity contribution >= 4 is 69.6 Å². The van der Waals surface area contributed by atoms with Crippen molar-refractivity contribution in [1.82, 2.24) is 5.32 Å². The molecule has 1 unspecified atom stereocenters. The topological polar surface area (TPSA) is 124 Å². The van der Waals surface area contributed by atoms with E-state index >= 15 is 0 Å². The van der Waals surface area contributed by atoms with Crippen molar-refractivity contribution < 1.29 is 38.7 Å². The summed E-state index contributed by atoms with van der Waals surface area (Å²) in [5.74, 6) is 2.40. The lowest BCUT2D eigenvalue weighted by molar-refractivity contribution is -0.131. The number of fused-ring (bicyclic) bond motifs is 1. The minimum Gasteiger partial charge on any atom is -0.497 e. The summed E-state index contributed by atoms with van der Waals surface area (Å²) >= 11 is 12.8. The summed E-state index contributed by atoms with van der Waals surface area (Å²) in [4.78, 5) is 22.5. The zero-order chi connectivity index (χ0) is 47.6. The third-order valence-electron chi connectivity index (χ3n) is 10.0. The largest absolute Gasteiger partial charge is 0.497 e. The molecule has 0 amide bonds. The quantitative estimate of drug-likeness (QED) is 0.0674. The van der Waals surface area contributed by atoms with E-state index < -0.39 is 5.97 Å². The lowest BCUT2D eigenvalue weighted by Gasteiger charge is -2.26. The lowest BCUT2D eigenvalue weighted by atomic mass is 9.89. The van der Waals surface area contributed by atoms with E-state index in [1.54, 1.807) is 52.7 Å². The number of carbonyl (C=O) groups excluding carboxylic acids is 1. The van der Waals surface area contributed by atoms with Crippen molar-refractivity contribution in [3.05, 3.63) is 169 Å². The zero-order valence-corrected chi connectivity index (χ0v) is 41.1. The van der Waals surface area contributed by atoms with Crippen LogP contribution in [0, 0.1) is 34.6 Å². The lowest BCUT2D eigenvalue weighted by Crippen LogP contribution is -2.28. The van der Waals surface area contributed by atoms with Gasteiger partial charge in [0.1, 0.15) is 29.3 Å². The molecule has 0 aliphatic carbocycles. The van der Waals surface area contributed by atoms with Crippen LogP contribution in [0.25, 0.3) is 18.2 Å². The van der Waals surface area contributed by atoms with Gasteiger partial charge in [-0.3, -0.25) is 4.79 Å². The number of aryl methyl sites for hydroxylation is 5.